The first kappa shape index (κ1) is 14.0. The first-order valence-corrected chi connectivity index (χ1v) is 8.60. The smallest absolute Gasteiger partial charge is 0.243 e. The molecule has 2 fully saturated rings. The third-order valence-corrected chi connectivity index (χ3v) is 6.58. The second-order valence-corrected chi connectivity index (χ2v) is 7.74. The van der Waals surface area contributed by atoms with E-state index in [1.807, 2.05) is 0 Å². The van der Waals surface area contributed by atoms with Gasteiger partial charge in [-0.3, -0.25) is 4.79 Å². The molecule has 0 radical (unpaired) electrons. The lowest BCUT2D eigenvalue weighted by Gasteiger charge is -2.32. The second-order valence-electron chi connectivity index (χ2n) is 5.44. The van der Waals surface area contributed by atoms with Crippen molar-refractivity contribution in [1.29, 1.82) is 0 Å². The number of halogens is 1. The van der Waals surface area contributed by atoms with Crippen LogP contribution >= 0.6 is 11.6 Å². The van der Waals surface area contributed by atoms with Crippen LogP contribution in [0, 0.1) is 0 Å². The number of hydrogen-bond acceptors (Lipinski definition) is 3. The van der Waals surface area contributed by atoms with E-state index >= 15 is 0 Å². The van der Waals surface area contributed by atoms with Gasteiger partial charge in [-0.05, 0) is 49.9 Å². The molecule has 4 nitrogen and oxygen atoms in total. The summed E-state index contributed by atoms with van der Waals surface area (Å²) in [4.78, 5) is 12.4. The van der Waals surface area contributed by atoms with Gasteiger partial charge >= 0.3 is 0 Å². The molecule has 1 aliphatic carbocycles. The Morgan fingerprint density at radius 1 is 1.10 bits per heavy atom. The molecular weight excluding hydrogens is 298 g/mol. The van der Waals surface area contributed by atoms with Crippen LogP contribution in [0.4, 0.5) is 0 Å². The third-order valence-electron chi connectivity index (χ3n) is 4.34. The van der Waals surface area contributed by atoms with Crippen LogP contribution in [0.1, 0.15) is 32.1 Å². The Balaban J connectivity index is 2.03. The van der Waals surface area contributed by atoms with E-state index in [0.717, 1.165) is 12.8 Å². The van der Waals surface area contributed by atoms with Gasteiger partial charge in [0.05, 0.1) is 10.4 Å². The average Bonchev–Trinajstić information content (AvgIpc) is 2.99. The summed E-state index contributed by atoms with van der Waals surface area (Å²) in [5.41, 5.74) is -0.779. The maximum absolute atomic E-state index is 12.8. The minimum Gasteiger partial charge on any atom is -0.298 e. The Bertz CT molecular complexity index is 637. The summed E-state index contributed by atoms with van der Waals surface area (Å²) in [7, 11) is -3.63. The maximum Gasteiger partial charge on any atom is 0.243 e. The number of carbonyl (C=O) groups excluding carboxylic acids is 1. The largest absolute Gasteiger partial charge is 0.298 e. The van der Waals surface area contributed by atoms with Crippen molar-refractivity contribution in [3.05, 3.63) is 29.3 Å². The molecule has 1 saturated carbocycles. The zero-order chi connectivity index (χ0) is 14.4. The van der Waals surface area contributed by atoms with Crippen molar-refractivity contribution in [2.75, 3.05) is 6.54 Å². The number of hydrogen-bond donors (Lipinski definition) is 0. The van der Waals surface area contributed by atoms with Crippen LogP contribution in [-0.4, -0.2) is 30.6 Å². The fourth-order valence-electron chi connectivity index (χ4n) is 3.38. The standard InChI is InChI=1S/C14H16ClNO3S/c15-11-4-6-12(7-5-11)20(18,19)16-10-2-9-14(16)8-1-3-13(14)17/h4-7H,1-3,8-10H2. The molecular formula is C14H16ClNO3S. The van der Waals surface area contributed by atoms with E-state index in [1.165, 1.54) is 16.4 Å². The van der Waals surface area contributed by atoms with Crippen LogP contribution in [0.25, 0.3) is 0 Å². The summed E-state index contributed by atoms with van der Waals surface area (Å²) in [6.07, 6.45) is 3.33. The lowest BCUT2D eigenvalue weighted by molar-refractivity contribution is -0.124. The van der Waals surface area contributed by atoms with Crippen molar-refractivity contribution in [2.24, 2.45) is 0 Å². The zero-order valence-electron chi connectivity index (χ0n) is 11.0. The number of benzene rings is 1. The summed E-state index contributed by atoms with van der Waals surface area (Å²) < 4.78 is 27.0. The molecule has 1 aromatic rings. The van der Waals surface area contributed by atoms with Crippen LogP contribution in [-0.2, 0) is 14.8 Å². The molecule has 1 saturated heterocycles. The van der Waals surface area contributed by atoms with Gasteiger partial charge in [0.2, 0.25) is 10.0 Å². The lowest BCUT2D eigenvalue weighted by Crippen LogP contribution is -2.50. The van der Waals surface area contributed by atoms with Crippen molar-refractivity contribution < 1.29 is 13.2 Å². The SMILES string of the molecule is O=C1CCCC12CCCN2S(=O)(=O)c1ccc(Cl)cc1. The quantitative estimate of drug-likeness (QED) is 0.843. The third kappa shape index (κ3) is 2.00. The van der Waals surface area contributed by atoms with E-state index in [9.17, 15) is 13.2 Å². The van der Waals surface area contributed by atoms with E-state index in [4.69, 9.17) is 11.6 Å². The number of sulfonamides is 1. The van der Waals surface area contributed by atoms with Gasteiger partial charge in [-0.15, -0.1) is 0 Å². The molecule has 6 heteroatoms. The molecule has 0 N–H and O–H groups in total. The van der Waals surface area contributed by atoms with Crippen LogP contribution < -0.4 is 0 Å². The van der Waals surface area contributed by atoms with Crippen LogP contribution in [0.5, 0.6) is 0 Å². The van der Waals surface area contributed by atoms with Crippen LogP contribution in [0.3, 0.4) is 0 Å². The van der Waals surface area contributed by atoms with Crippen molar-refractivity contribution in [2.45, 2.75) is 42.5 Å². The maximum atomic E-state index is 12.8. The monoisotopic (exact) mass is 313 g/mol. The van der Waals surface area contributed by atoms with Gasteiger partial charge in [0.25, 0.3) is 0 Å². The number of rotatable bonds is 2. The van der Waals surface area contributed by atoms with Crippen LogP contribution in [0.15, 0.2) is 29.2 Å². The predicted molar refractivity (Wildman–Crippen MR) is 76.2 cm³/mol. The molecule has 1 heterocycles. The van der Waals surface area contributed by atoms with Gasteiger partial charge in [-0.1, -0.05) is 11.6 Å². The Morgan fingerprint density at radius 3 is 2.35 bits per heavy atom. The summed E-state index contributed by atoms with van der Waals surface area (Å²) in [6.45, 7) is 0.427. The van der Waals surface area contributed by atoms with Crippen molar-refractivity contribution in [3.8, 4) is 0 Å². The molecule has 0 amide bonds. The minimum atomic E-state index is -3.63. The first-order chi connectivity index (χ1) is 9.47. The number of ketones is 1. The molecule has 1 aromatic carbocycles. The van der Waals surface area contributed by atoms with E-state index in [-0.39, 0.29) is 10.7 Å². The fraction of sp³-hybridized carbons (Fsp3) is 0.500. The molecule has 0 aromatic heterocycles. The molecule has 20 heavy (non-hydrogen) atoms. The van der Waals surface area contributed by atoms with E-state index in [1.54, 1.807) is 12.1 Å². The van der Waals surface area contributed by atoms with Gasteiger partial charge in [0.1, 0.15) is 0 Å². The molecule has 1 aliphatic heterocycles. The van der Waals surface area contributed by atoms with Gasteiger partial charge in [-0.25, -0.2) is 8.42 Å². The summed E-state index contributed by atoms with van der Waals surface area (Å²) in [5, 5.41) is 0.497. The molecule has 1 unspecified atom stereocenters. The Morgan fingerprint density at radius 2 is 1.75 bits per heavy atom. The average molecular weight is 314 g/mol. The molecule has 1 atom stereocenters. The Hall–Kier alpha value is -0.910. The predicted octanol–water partition coefficient (Wildman–Crippen LogP) is 2.62. The fourth-order valence-corrected chi connectivity index (χ4v) is 5.35. The lowest BCUT2D eigenvalue weighted by atomic mass is 9.95. The van der Waals surface area contributed by atoms with Gasteiger partial charge in [-0.2, -0.15) is 4.31 Å². The highest BCUT2D eigenvalue weighted by atomic mass is 35.5. The molecule has 108 valence electrons. The van der Waals surface area contributed by atoms with Crippen LogP contribution in [0.2, 0.25) is 5.02 Å². The summed E-state index contributed by atoms with van der Waals surface area (Å²) in [5.74, 6) is 0.0764. The highest BCUT2D eigenvalue weighted by molar-refractivity contribution is 7.89. The molecule has 1 spiro atoms. The van der Waals surface area contributed by atoms with Gasteiger partial charge in [0, 0.05) is 18.0 Å². The first-order valence-electron chi connectivity index (χ1n) is 6.78. The Kier molecular flexibility index (Phi) is 3.39. The molecule has 3 rings (SSSR count). The van der Waals surface area contributed by atoms with Crippen molar-refractivity contribution in [1.82, 2.24) is 4.31 Å². The van der Waals surface area contributed by atoms with Crippen molar-refractivity contribution in [3.63, 3.8) is 0 Å². The van der Waals surface area contributed by atoms with E-state index < -0.39 is 15.6 Å². The van der Waals surface area contributed by atoms with E-state index in [2.05, 4.69) is 0 Å². The van der Waals surface area contributed by atoms with Crippen molar-refractivity contribution >= 4 is 27.4 Å². The van der Waals surface area contributed by atoms with E-state index in [0.29, 0.717) is 30.8 Å². The highest BCUT2D eigenvalue weighted by Gasteiger charge is 2.54. The van der Waals surface area contributed by atoms with Gasteiger partial charge < -0.3 is 0 Å². The van der Waals surface area contributed by atoms with Gasteiger partial charge in [0.15, 0.2) is 5.78 Å². The minimum absolute atomic E-state index is 0.0764. The highest BCUT2D eigenvalue weighted by Crippen LogP contribution is 2.43. The molecule has 0 bridgehead atoms. The molecule has 2 aliphatic rings. The zero-order valence-corrected chi connectivity index (χ0v) is 12.6. The summed E-state index contributed by atoms with van der Waals surface area (Å²) >= 11 is 5.80. The normalized spacial score (nSPS) is 27.6. The number of Topliss-reactive ketones (excluding diaryl/α,β-unsaturated/α-hetero) is 1. The number of carbonyl (C=O) groups is 1. The second kappa shape index (κ2) is 4.83. The topological polar surface area (TPSA) is 54.5 Å². The number of nitrogens with zero attached hydrogens (tertiary/aromatic N) is 1. The summed E-state index contributed by atoms with van der Waals surface area (Å²) in [6, 6.07) is 6.13. The Labute approximate surface area is 123 Å².